The fraction of sp³-hybridized carbons (Fsp3) is 0.643. The number of nitrogens with zero attached hydrogens (tertiary/aromatic N) is 1. The number of ether oxygens (including phenoxy) is 2. The number of Topliss-reactive ketones (excluding diaryl/α,β-unsaturated/α-hetero) is 1. The molecule has 1 saturated heterocycles. The Kier molecular flexibility index (Phi) is 11.9. The van der Waals surface area contributed by atoms with Gasteiger partial charge in [0.15, 0.2) is 17.9 Å². The summed E-state index contributed by atoms with van der Waals surface area (Å²) in [6.45, 7) is 9.21. The number of hydrogen-bond donors (Lipinski definition) is 1. The third-order valence-corrected chi connectivity index (χ3v) is 6.51. The number of unbranched alkanes of at least 4 members (excludes halogenated alkanes) is 7. The molecule has 8 nitrogen and oxygen atoms in total. The summed E-state index contributed by atoms with van der Waals surface area (Å²) in [6.07, 6.45) is 7.52. The van der Waals surface area contributed by atoms with E-state index in [0.29, 0.717) is 22.3 Å². The molecule has 1 fully saturated rings. The van der Waals surface area contributed by atoms with E-state index >= 15 is 0 Å². The van der Waals surface area contributed by atoms with Crippen LogP contribution in [0.1, 0.15) is 92.4 Å². The number of ketones is 1. The van der Waals surface area contributed by atoms with Crippen molar-refractivity contribution in [3.8, 4) is 5.75 Å². The van der Waals surface area contributed by atoms with E-state index in [-0.39, 0.29) is 12.1 Å². The van der Waals surface area contributed by atoms with Crippen molar-refractivity contribution in [3.05, 3.63) is 23.2 Å². The van der Waals surface area contributed by atoms with Gasteiger partial charge in [0.25, 0.3) is 11.8 Å². The average Bonchev–Trinajstić information content (AvgIpc) is 3.12. The first-order chi connectivity index (χ1) is 17.5. The summed E-state index contributed by atoms with van der Waals surface area (Å²) in [6, 6.07) is 3.12. The molecule has 0 spiro atoms. The van der Waals surface area contributed by atoms with E-state index in [4.69, 9.17) is 21.1 Å². The monoisotopic (exact) mass is 536 g/mol. The maximum Gasteiger partial charge on any atom is 0.418 e. The Balaban J connectivity index is 2.12. The van der Waals surface area contributed by atoms with E-state index in [0.717, 1.165) is 19.3 Å². The first-order valence-electron chi connectivity index (χ1n) is 13.3. The van der Waals surface area contributed by atoms with Gasteiger partial charge in [-0.2, -0.15) is 0 Å². The molecule has 0 radical (unpaired) electrons. The second kappa shape index (κ2) is 14.4. The van der Waals surface area contributed by atoms with Crippen LogP contribution in [-0.4, -0.2) is 47.3 Å². The lowest BCUT2D eigenvalue weighted by Gasteiger charge is -2.28. The predicted molar refractivity (Wildman–Crippen MR) is 144 cm³/mol. The molecule has 2 atom stereocenters. The molecule has 2 unspecified atom stereocenters. The lowest BCUT2D eigenvalue weighted by molar-refractivity contribution is -0.144. The first-order valence-corrected chi connectivity index (χ1v) is 13.7. The van der Waals surface area contributed by atoms with E-state index in [1.165, 1.54) is 38.2 Å². The highest BCUT2D eigenvalue weighted by Crippen LogP contribution is 2.31. The highest BCUT2D eigenvalue weighted by atomic mass is 35.5. The molecule has 1 aromatic carbocycles. The second-order valence-corrected chi connectivity index (χ2v) is 10.9. The van der Waals surface area contributed by atoms with Gasteiger partial charge in [0, 0.05) is 10.4 Å². The van der Waals surface area contributed by atoms with Crippen molar-refractivity contribution in [2.45, 2.75) is 105 Å². The summed E-state index contributed by atoms with van der Waals surface area (Å²) in [5.41, 5.74) is -0.743. The molecule has 1 aliphatic heterocycles. The summed E-state index contributed by atoms with van der Waals surface area (Å²) in [7, 11) is 0. The van der Waals surface area contributed by atoms with Gasteiger partial charge >= 0.3 is 6.09 Å². The fourth-order valence-electron chi connectivity index (χ4n) is 4.07. The Morgan fingerprint density at radius 1 is 1.05 bits per heavy atom. The molecule has 9 heteroatoms. The van der Waals surface area contributed by atoms with Gasteiger partial charge in [0.05, 0.1) is 12.3 Å². The maximum atomic E-state index is 13.4. The van der Waals surface area contributed by atoms with Crippen molar-refractivity contribution in [3.63, 3.8) is 0 Å². The normalized spacial score (nSPS) is 16.5. The van der Waals surface area contributed by atoms with Crippen LogP contribution < -0.4 is 10.1 Å². The zero-order valence-electron chi connectivity index (χ0n) is 22.7. The molecule has 3 amide bonds. The largest absolute Gasteiger partial charge is 0.491 e. The Morgan fingerprint density at radius 2 is 1.68 bits per heavy atom. The Bertz CT molecular complexity index is 958. The zero-order chi connectivity index (χ0) is 27.6. The van der Waals surface area contributed by atoms with E-state index in [9.17, 15) is 19.2 Å². The van der Waals surface area contributed by atoms with Gasteiger partial charge in [-0.05, 0) is 31.0 Å². The smallest absolute Gasteiger partial charge is 0.418 e. The zero-order valence-corrected chi connectivity index (χ0v) is 23.5. The predicted octanol–water partition coefficient (Wildman–Crippen LogP) is 6.54. The van der Waals surface area contributed by atoms with Gasteiger partial charge < -0.3 is 14.8 Å². The molecule has 1 aliphatic rings. The number of amides is 3. The summed E-state index contributed by atoms with van der Waals surface area (Å²) in [5, 5.41) is 3.02. The number of halogens is 1. The number of imide groups is 1. The minimum absolute atomic E-state index is 0.240. The van der Waals surface area contributed by atoms with Crippen molar-refractivity contribution in [1.29, 1.82) is 0 Å². The quantitative estimate of drug-likeness (QED) is 0.202. The highest BCUT2D eigenvalue weighted by molar-refractivity contribution is 6.31. The number of carbonyl (C=O) groups excluding carboxylic acids is 4. The van der Waals surface area contributed by atoms with Crippen molar-refractivity contribution in [1.82, 2.24) is 4.90 Å². The number of nitrogens with one attached hydrogen (secondary N) is 1. The standard InChI is InChI=1S/C28H41ClN2O6/c1-6-8-9-10-11-12-13-14-17-36-22-16-15-19(29)18-20(22)30-25(33)23(24(32)28(3,4)5)31-26(34)21(7-2)37-27(31)35/h15-16,18,21,23H,6-14,17H2,1-5H3,(H,30,33). The number of hydrogen-bond acceptors (Lipinski definition) is 6. The van der Waals surface area contributed by atoms with Gasteiger partial charge in [0.1, 0.15) is 5.75 Å². The van der Waals surface area contributed by atoms with E-state index < -0.39 is 41.3 Å². The van der Waals surface area contributed by atoms with Crippen molar-refractivity contribution >= 4 is 41.0 Å². The molecule has 1 N–H and O–H groups in total. The van der Waals surface area contributed by atoms with Crippen LogP contribution in [0.2, 0.25) is 5.02 Å². The molecule has 37 heavy (non-hydrogen) atoms. The molecule has 0 bridgehead atoms. The summed E-state index contributed by atoms with van der Waals surface area (Å²) < 4.78 is 11.0. The molecular formula is C28H41ClN2O6. The van der Waals surface area contributed by atoms with Gasteiger partial charge in [0.2, 0.25) is 0 Å². The van der Waals surface area contributed by atoms with Crippen LogP contribution in [0.4, 0.5) is 10.5 Å². The van der Waals surface area contributed by atoms with Crippen molar-refractivity contribution < 1.29 is 28.7 Å². The number of benzene rings is 1. The maximum absolute atomic E-state index is 13.4. The minimum atomic E-state index is -1.68. The van der Waals surface area contributed by atoms with E-state index in [1.54, 1.807) is 39.8 Å². The third kappa shape index (κ3) is 8.73. The van der Waals surface area contributed by atoms with Crippen LogP contribution in [0.15, 0.2) is 18.2 Å². The fourth-order valence-corrected chi connectivity index (χ4v) is 4.25. The van der Waals surface area contributed by atoms with Crippen LogP contribution in [-0.2, 0) is 19.1 Å². The molecule has 2 rings (SSSR count). The van der Waals surface area contributed by atoms with E-state index in [2.05, 4.69) is 12.2 Å². The van der Waals surface area contributed by atoms with Gasteiger partial charge in [-0.15, -0.1) is 0 Å². The molecular weight excluding hydrogens is 496 g/mol. The van der Waals surface area contributed by atoms with Gasteiger partial charge in [-0.1, -0.05) is 91.2 Å². The number of anilines is 1. The molecule has 1 aromatic rings. The molecule has 0 aliphatic carbocycles. The number of rotatable bonds is 15. The topological polar surface area (TPSA) is 102 Å². The Labute approximate surface area is 225 Å². The van der Waals surface area contributed by atoms with Crippen LogP contribution in [0.5, 0.6) is 5.75 Å². The van der Waals surface area contributed by atoms with Crippen molar-refractivity contribution in [2.24, 2.45) is 5.41 Å². The van der Waals surface area contributed by atoms with Crippen LogP contribution >= 0.6 is 11.6 Å². The van der Waals surface area contributed by atoms with Crippen LogP contribution in [0.25, 0.3) is 0 Å². The summed E-state index contributed by atoms with van der Waals surface area (Å²) in [4.78, 5) is 52.6. The Hall–Kier alpha value is -2.61. The lowest BCUT2D eigenvalue weighted by Crippen LogP contribution is -2.55. The van der Waals surface area contributed by atoms with Crippen LogP contribution in [0, 0.1) is 5.41 Å². The van der Waals surface area contributed by atoms with Gasteiger partial charge in [-0.25, -0.2) is 9.69 Å². The number of carbonyl (C=O) groups is 4. The molecule has 0 saturated carbocycles. The molecule has 1 heterocycles. The summed E-state index contributed by atoms with van der Waals surface area (Å²) >= 11 is 6.17. The lowest BCUT2D eigenvalue weighted by atomic mass is 9.85. The minimum Gasteiger partial charge on any atom is -0.491 e. The SMILES string of the molecule is CCCCCCCCCCOc1ccc(Cl)cc1NC(=O)C(C(=O)C(C)(C)C)N1C(=O)OC(CC)C1=O. The average molecular weight is 537 g/mol. The Morgan fingerprint density at radius 3 is 2.24 bits per heavy atom. The van der Waals surface area contributed by atoms with Crippen molar-refractivity contribution in [2.75, 3.05) is 11.9 Å². The number of cyclic esters (lactones) is 1. The van der Waals surface area contributed by atoms with E-state index in [1.807, 2.05) is 0 Å². The second-order valence-electron chi connectivity index (χ2n) is 10.5. The third-order valence-electron chi connectivity index (χ3n) is 6.27. The van der Waals surface area contributed by atoms with Gasteiger partial charge in [-0.3, -0.25) is 14.4 Å². The first kappa shape index (κ1) is 30.6. The highest BCUT2D eigenvalue weighted by Gasteiger charge is 2.51. The molecule has 0 aromatic heterocycles. The van der Waals surface area contributed by atoms with Crippen LogP contribution in [0.3, 0.4) is 0 Å². The summed E-state index contributed by atoms with van der Waals surface area (Å²) in [5.74, 6) is -1.73. The molecule has 206 valence electrons.